The Hall–Kier alpha value is -1.91. The zero-order valence-corrected chi connectivity index (χ0v) is 19.5. The van der Waals surface area contributed by atoms with Crippen LogP contribution in [0.25, 0.3) is 0 Å². The molecule has 1 fully saturated rings. The first-order chi connectivity index (χ1) is 14.2. The van der Waals surface area contributed by atoms with Crippen molar-refractivity contribution in [1.29, 1.82) is 0 Å². The van der Waals surface area contributed by atoms with Gasteiger partial charge in [-0.1, -0.05) is 24.3 Å². The van der Waals surface area contributed by atoms with Crippen LogP contribution in [0.3, 0.4) is 0 Å². The van der Waals surface area contributed by atoms with Crippen LogP contribution in [0, 0.1) is 5.82 Å². The lowest BCUT2D eigenvalue weighted by molar-refractivity contribution is 0.0170. The average molecular weight is 528 g/mol. The molecule has 3 N–H and O–H groups in total. The van der Waals surface area contributed by atoms with Crippen molar-refractivity contribution in [3.8, 4) is 5.75 Å². The van der Waals surface area contributed by atoms with Crippen LogP contribution in [-0.4, -0.2) is 55.4 Å². The van der Waals surface area contributed by atoms with Crippen molar-refractivity contribution >= 4 is 29.9 Å². The first-order valence-corrected chi connectivity index (χ1v) is 10.0. The van der Waals surface area contributed by atoms with Gasteiger partial charge in [0.2, 0.25) is 0 Å². The van der Waals surface area contributed by atoms with Gasteiger partial charge in [-0.25, -0.2) is 9.38 Å². The summed E-state index contributed by atoms with van der Waals surface area (Å²) in [6.45, 7) is 6.92. The van der Waals surface area contributed by atoms with E-state index in [1.165, 1.54) is 12.1 Å². The van der Waals surface area contributed by atoms with E-state index in [0.717, 1.165) is 30.8 Å². The van der Waals surface area contributed by atoms with Gasteiger partial charge in [0, 0.05) is 26.2 Å². The van der Waals surface area contributed by atoms with Gasteiger partial charge in [-0.05, 0) is 42.3 Å². The molecule has 2 aromatic rings. The number of hydrogen-bond acceptors (Lipinski definition) is 4. The Morgan fingerprint density at radius 1 is 1.17 bits per heavy atom. The first kappa shape index (κ1) is 24.4. The molecule has 6 nitrogen and oxygen atoms in total. The Morgan fingerprint density at radius 2 is 1.90 bits per heavy atom. The Kier molecular flexibility index (Phi) is 10.3. The summed E-state index contributed by atoms with van der Waals surface area (Å²) in [6, 6.07) is 13.9. The van der Waals surface area contributed by atoms with Crippen LogP contribution in [0.1, 0.15) is 24.1 Å². The van der Waals surface area contributed by atoms with E-state index < -0.39 is 0 Å². The molecule has 1 atom stereocenters. The highest BCUT2D eigenvalue weighted by atomic mass is 127. The van der Waals surface area contributed by atoms with E-state index in [2.05, 4.69) is 20.5 Å². The Bertz CT molecular complexity index is 798. The molecule has 2 aromatic carbocycles. The number of phenolic OH excluding ortho intramolecular Hbond substituents is 1. The molecule has 164 valence electrons. The van der Waals surface area contributed by atoms with Gasteiger partial charge in [-0.3, -0.25) is 4.90 Å². The quantitative estimate of drug-likeness (QED) is 0.293. The van der Waals surface area contributed by atoms with E-state index >= 15 is 0 Å². The minimum absolute atomic E-state index is 0. The molecule has 0 amide bonds. The van der Waals surface area contributed by atoms with Gasteiger partial charge < -0.3 is 20.5 Å². The van der Waals surface area contributed by atoms with Gasteiger partial charge >= 0.3 is 0 Å². The molecule has 0 radical (unpaired) electrons. The molecule has 3 rings (SSSR count). The summed E-state index contributed by atoms with van der Waals surface area (Å²) in [5.41, 5.74) is 2.00. The fraction of sp³-hybridized carbons (Fsp3) is 0.409. The third-order valence-corrected chi connectivity index (χ3v) is 4.88. The predicted molar refractivity (Wildman–Crippen MR) is 128 cm³/mol. The number of nitrogens with one attached hydrogen (secondary N) is 2. The Labute approximate surface area is 194 Å². The van der Waals surface area contributed by atoms with E-state index in [1.54, 1.807) is 12.1 Å². The summed E-state index contributed by atoms with van der Waals surface area (Å²) in [5.74, 6) is 0.707. The molecule has 1 unspecified atom stereocenters. The average Bonchev–Trinajstić information content (AvgIpc) is 2.74. The molecule has 1 heterocycles. The molecule has 1 aliphatic heterocycles. The smallest absolute Gasteiger partial charge is 0.191 e. The Morgan fingerprint density at radius 3 is 2.57 bits per heavy atom. The third kappa shape index (κ3) is 7.41. The van der Waals surface area contributed by atoms with E-state index in [-0.39, 0.29) is 41.6 Å². The third-order valence-electron chi connectivity index (χ3n) is 4.88. The summed E-state index contributed by atoms with van der Waals surface area (Å²) in [5, 5.41) is 16.3. The topological polar surface area (TPSA) is 69.1 Å². The standard InChI is InChI=1S/C22H29FN4O2.HI/c1-2-24-22(25-15-17-4-3-5-20(28)14-17)26-16-21(27-10-12-29-13-11-27)18-6-8-19(23)9-7-18;/h3-9,14,21,28H,2,10-13,15-16H2,1H3,(H2,24,25,26);1H. The van der Waals surface area contributed by atoms with Gasteiger partial charge in [0.25, 0.3) is 0 Å². The van der Waals surface area contributed by atoms with E-state index in [9.17, 15) is 9.50 Å². The summed E-state index contributed by atoms with van der Waals surface area (Å²) < 4.78 is 18.9. The second-order valence-corrected chi connectivity index (χ2v) is 6.96. The van der Waals surface area contributed by atoms with Crippen LogP contribution in [0.5, 0.6) is 5.75 Å². The maximum Gasteiger partial charge on any atom is 0.191 e. The van der Waals surface area contributed by atoms with Crippen molar-refractivity contribution in [2.75, 3.05) is 39.4 Å². The van der Waals surface area contributed by atoms with Crippen molar-refractivity contribution in [2.45, 2.75) is 19.5 Å². The highest BCUT2D eigenvalue weighted by Gasteiger charge is 2.23. The lowest BCUT2D eigenvalue weighted by Crippen LogP contribution is -2.46. The molecule has 30 heavy (non-hydrogen) atoms. The molecular formula is C22H30FIN4O2. The molecular weight excluding hydrogens is 498 g/mol. The molecule has 0 saturated carbocycles. The minimum atomic E-state index is -0.233. The maximum atomic E-state index is 13.4. The summed E-state index contributed by atoms with van der Waals surface area (Å²) in [4.78, 5) is 6.98. The normalized spacial score (nSPS) is 15.9. The first-order valence-electron chi connectivity index (χ1n) is 10.0. The monoisotopic (exact) mass is 528 g/mol. The fourth-order valence-electron chi connectivity index (χ4n) is 3.39. The number of morpholine rings is 1. The van der Waals surface area contributed by atoms with Crippen molar-refractivity contribution in [3.05, 3.63) is 65.5 Å². The number of rotatable bonds is 7. The van der Waals surface area contributed by atoms with Crippen LogP contribution < -0.4 is 10.6 Å². The number of nitrogens with zero attached hydrogens (tertiary/aromatic N) is 2. The highest BCUT2D eigenvalue weighted by molar-refractivity contribution is 14.0. The lowest BCUT2D eigenvalue weighted by Gasteiger charge is -2.35. The molecule has 1 saturated heterocycles. The van der Waals surface area contributed by atoms with Crippen LogP contribution in [0.15, 0.2) is 53.5 Å². The summed E-state index contributed by atoms with van der Waals surface area (Å²) in [6.07, 6.45) is 0. The second-order valence-electron chi connectivity index (χ2n) is 6.96. The van der Waals surface area contributed by atoms with Gasteiger partial charge in [0.05, 0.1) is 25.8 Å². The largest absolute Gasteiger partial charge is 0.508 e. The zero-order chi connectivity index (χ0) is 20.5. The van der Waals surface area contributed by atoms with Crippen molar-refractivity contribution < 1.29 is 14.2 Å². The number of phenols is 1. The van der Waals surface area contributed by atoms with E-state index in [4.69, 9.17) is 4.74 Å². The minimum Gasteiger partial charge on any atom is -0.508 e. The van der Waals surface area contributed by atoms with E-state index in [0.29, 0.717) is 32.3 Å². The van der Waals surface area contributed by atoms with Gasteiger partial charge in [-0.15, -0.1) is 24.0 Å². The number of guanidine groups is 1. The molecule has 1 aliphatic rings. The van der Waals surface area contributed by atoms with Crippen LogP contribution >= 0.6 is 24.0 Å². The van der Waals surface area contributed by atoms with Gasteiger partial charge in [0.1, 0.15) is 11.6 Å². The van der Waals surface area contributed by atoms with Crippen LogP contribution in [0.4, 0.5) is 4.39 Å². The highest BCUT2D eigenvalue weighted by Crippen LogP contribution is 2.21. The number of halogens is 2. The number of aromatic hydroxyl groups is 1. The molecule has 8 heteroatoms. The fourth-order valence-corrected chi connectivity index (χ4v) is 3.39. The van der Waals surface area contributed by atoms with Crippen molar-refractivity contribution in [1.82, 2.24) is 15.5 Å². The number of aliphatic imine (C=N–C) groups is 1. The van der Waals surface area contributed by atoms with Gasteiger partial charge in [-0.2, -0.15) is 0 Å². The molecule has 0 spiro atoms. The zero-order valence-electron chi connectivity index (χ0n) is 17.2. The van der Waals surface area contributed by atoms with Crippen LogP contribution in [0.2, 0.25) is 0 Å². The number of hydrogen-bond donors (Lipinski definition) is 3. The second kappa shape index (κ2) is 12.7. The van der Waals surface area contributed by atoms with Crippen molar-refractivity contribution in [3.63, 3.8) is 0 Å². The predicted octanol–water partition coefficient (Wildman–Crippen LogP) is 3.28. The maximum absolute atomic E-state index is 13.4. The molecule has 0 aliphatic carbocycles. The lowest BCUT2D eigenvalue weighted by atomic mass is 10.0. The SMILES string of the molecule is CCNC(=NCc1cccc(O)c1)NCC(c1ccc(F)cc1)N1CCOCC1.I. The van der Waals surface area contributed by atoms with Crippen molar-refractivity contribution in [2.24, 2.45) is 4.99 Å². The summed E-state index contributed by atoms with van der Waals surface area (Å²) >= 11 is 0. The van der Waals surface area contributed by atoms with Crippen LogP contribution in [-0.2, 0) is 11.3 Å². The van der Waals surface area contributed by atoms with E-state index in [1.807, 2.05) is 31.2 Å². The number of benzene rings is 2. The van der Waals surface area contributed by atoms with Gasteiger partial charge in [0.15, 0.2) is 5.96 Å². The molecule has 0 bridgehead atoms. The Balaban J connectivity index is 0.00000320. The summed E-state index contributed by atoms with van der Waals surface area (Å²) in [7, 11) is 0. The number of ether oxygens (including phenoxy) is 1. The molecule has 0 aromatic heterocycles.